The molecule has 1 atom stereocenters. The minimum Gasteiger partial charge on any atom is -0.506 e. The van der Waals surface area contributed by atoms with Gasteiger partial charge in [0.05, 0.1) is 10.9 Å². The van der Waals surface area contributed by atoms with Crippen molar-refractivity contribution in [3.8, 4) is 5.75 Å². The lowest BCUT2D eigenvalue weighted by Crippen LogP contribution is -2.13. The Balaban J connectivity index is 2.37. The van der Waals surface area contributed by atoms with Gasteiger partial charge in [0.25, 0.3) is 0 Å². The Bertz CT molecular complexity index is 497. The number of fused-ring (bicyclic) bond motifs is 1. The van der Waals surface area contributed by atoms with E-state index < -0.39 is 11.9 Å². The molecule has 1 aliphatic rings. The van der Waals surface area contributed by atoms with Gasteiger partial charge in [-0.3, -0.25) is 4.79 Å². The highest BCUT2D eigenvalue weighted by Gasteiger charge is 2.20. The average molecular weight is 283 g/mol. The summed E-state index contributed by atoms with van der Waals surface area (Å²) in [6.07, 6.45) is 5.57. The summed E-state index contributed by atoms with van der Waals surface area (Å²) < 4.78 is 0. The number of phenolic OH excluding ortho intramolecular Hbond substituents is 1. The van der Waals surface area contributed by atoms with E-state index in [2.05, 4.69) is 0 Å². The highest BCUT2D eigenvalue weighted by atomic mass is 35.5. The first-order chi connectivity index (χ1) is 9.00. The van der Waals surface area contributed by atoms with Gasteiger partial charge in [0, 0.05) is 0 Å². The van der Waals surface area contributed by atoms with Gasteiger partial charge in [-0.2, -0.15) is 0 Å². The van der Waals surface area contributed by atoms with Crippen LogP contribution in [0, 0.1) is 5.92 Å². The summed E-state index contributed by atoms with van der Waals surface area (Å²) in [7, 11) is 0. The van der Waals surface area contributed by atoms with Crippen LogP contribution in [0.15, 0.2) is 6.07 Å². The molecular weight excluding hydrogens is 264 g/mol. The molecule has 1 unspecified atom stereocenters. The van der Waals surface area contributed by atoms with Crippen LogP contribution < -0.4 is 0 Å². The fourth-order valence-corrected chi connectivity index (χ4v) is 2.99. The van der Waals surface area contributed by atoms with Gasteiger partial charge < -0.3 is 10.2 Å². The SMILES string of the molecule is CC(Cc1cc2c(c(Cl)c1O)CCCCC2)C(=O)O. The molecule has 104 valence electrons. The van der Waals surface area contributed by atoms with Gasteiger partial charge in [0.1, 0.15) is 5.75 Å². The van der Waals surface area contributed by atoms with Crippen LogP contribution in [-0.2, 0) is 24.1 Å². The predicted octanol–water partition coefficient (Wildman–Crippen LogP) is 3.58. The minimum atomic E-state index is -0.856. The first kappa shape index (κ1) is 14.2. The lowest BCUT2D eigenvalue weighted by Gasteiger charge is -2.15. The Morgan fingerprint density at radius 3 is 2.74 bits per heavy atom. The zero-order chi connectivity index (χ0) is 14.0. The fraction of sp³-hybridized carbons (Fsp3) is 0.533. The molecule has 0 saturated heterocycles. The second-order valence-corrected chi connectivity index (χ2v) is 5.72. The number of phenols is 1. The van der Waals surface area contributed by atoms with Crippen LogP contribution in [0.25, 0.3) is 0 Å². The maximum atomic E-state index is 10.9. The number of aromatic hydroxyl groups is 1. The smallest absolute Gasteiger partial charge is 0.306 e. The van der Waals surface area contributed by atoms with Gasteiger partial charge in [-0.15, -0.1) is 0 Å². The number of halogens is 1. The number of hydrogen-bond acceptors (Lipinski definition) is 2. The lowest BCUT2D eigenvalue weighted by atomic mass is 9.94. The Hall–Kier alpha value is -1.22. The van der Waals surface area contributed by atoms with Crippen molar-refractivity contribution in [2.45, 2.75) is 45.4 Å². The van der Waals surface area contributed by atoms with Crippen LogP contribution >= 0.6 is 11.6 Å². The molecule has 0 radical (unpaired) electrons. The van der Waals surface area contributed by atoms with Crippen molar-refractivity contribution in [3.63, 3.8) is 0 Å². The van der Waals surface area contributed by atoms with Gasteiger partial charge in [0.15, 0.2) is 0 Å². The Kier molecular flexibility index (Phi) is 4.35. The average Bonchev–Trinajstić information content (AvgIpc) is 2.60. The summed E-state index contributed by atoms with van der Waals surface area (Å²) in [5, 5.41) is 19.5. The van der Waals surface area contributed by atoms with Crippen LogP contribution in [0.1, 0.15) is 42.9 Å². The molecule has 0 fully saturated rings. The van der Waals surface area contributed by atoms with E-state index in [-0.39, 0.29) is 5.75 Å². The lowest BCUT2D eigenvalue weighted by molar-refractivity contribution is -0.141. The van der Waals surface area contributed by atoms with Crippen LogP contribution in [0.5, 0.6) is 5.75 Å². The Labute approximate surface area is 118 Å². The third-order valence-corrected chi connectivity index (χ3v) is 4.24. The molecule has 0 amide bonds. The van der Waals surface area contributed by atoms with Gasteiger partial charge in [-0.05, 0) is 48.8 Å². The first-order valence-electron chi connectivity index (χ1n) is 6.75. The number of carboxylic acids is 1. The second-order valence-electron chi connectivity index (χ2n) is 5.34. The maximum absolute atomic E-state index is 10.9. The molecule has 0 spiro atoms. The zero-order valence-corrected chi connectivity index (χ0v) is 11.8. The van der Waals surface area contributed by atoms with Gasteiger partial charge in [-0.25, -0.2) is 0 Å². The van der Waals surface area contributed by atoms with Crippen molar-refractivity contribution < 1.29 is 15.0 Å². The molecule has 0 aromatic heterocycles. The molecule has 19 heavy (non-hydrogen) atoms. The van der Waals surface area contributed by atoms with Crippen molar-refractivity contribution >= 4 is 17.6 Å². The summed E-state index contributed by atoms with van der Waals surface area (Å²) in [6, 6.07) is 1.95. The zero-order valence-electron chi connectivity index (χ0n) is 11.1. The third-order valence-electron chi connectivity index (χ3n) is 3.83. The van der Waals surface area contributed by atoms with Crippen molar-refractivity contribution in [3.05, 3.63) is 27.8 Å². The minimum absolute atomic E-state index is 0.0652. The third kappa shape index (κ3) is 3.03. The summed E-state index contributed by atoms with van der Waals surface area (Å²) in [4.78, 5) is 10.9. The molecule has 3 nitrogen and oxygen atoms in total. The normalized spacial score (nSPS) is 16.5. The number of benzene rings is 1. The number of rotatable bonds is 3. The Morgan fingerprint density at radius 2 is 2.05 bits per heavy atom. The molecule has 1 aliphatic carbocycles. The molecule has 0 aliphatic heterocycles. The highest BCUT2D eigenvalue weighted by Crippen LogP contribution is 2.37. The molecule has 1 aromatic rings. The largest absolute Gasteiger partial charge is 0.506 e. The molecule has 4 heteroatoms. The molecule has 0 bridgehead atoms. The van der Waals surface area contributed by atoms with Gasteiger partial charge >= 0.3 is 5.97 Å². The summed E-state index contributed by atoms with van der Waals surface area (Å²) in [6.45, 7) is 1.64. The van der Waals surface area contributed by atoms with Crippen LogP contribution in [0.4, 0.5) is 0 Å². The van der Waals surface area contributed by atoms with E-state index in [1.807, 2.05) is 6.07 Å². The van der Waals surface area contributed by atoms with Gasteiger partial charge in [-0.1, -0.05) is 31.0 Å². The number of aliphatic carboxylic acids is 1. The van der Waals surface area contributed by atoms with Crippen LogP contribution in [0.3, 0.4) is 0 Å². The predicted molar refractivity (Wildman–Crippen MR) is 74.9 cm³/mol. The van der Waals surface area contributed by atoms with Crippen LogP contribution in [0.2, 0.25) is 5.02 Å². The number of carbonyl (C=O) groups is 1. The van der Waals surface area contributed by atoms with Crippen molar-refractivity contribution in [1.82, 2.24) is 0 Å². The standard InChI is InChI=1S/C15H19ClO3/c1-9(15(18)19)7-11-8-10-5-3-2-4-6-12(10)13(16)14(11)17/h8-9,17H,2-7H2,1H3,(H,18,19). The van der Waals surface area contributed by atoms with E-state index in [1.54, 1.807) is 6.92 Å². The topological polar surface area (TPSA) is 57.5 Å². The molecular formula is C15H19ClO3. The Morgan fingerprint density at radius 1 is 1.37 bits per heavy atom. The van der Waals surface area contributed by atoms with Crippen molar-refractivity contribution in [2.75, 3.05) is 0 Å². The van der Waals surface area contributed by atoms with E-state index >= 15 is 0 Å². The molecule has 2 rings (SSSR count). The van der Waals surface area contributed by atoms with E-state index in [4.69, 9.17) is 16.7 Å². The highest BCUT2D eigenvalue weighted by molar-refractivity contribution is 6.33. The van der Waals surface area contributed by atoms with E-state index in [9.17, 15) is 9.90 Å². The molecule has 0 heterocycles. The maximum Gasteiger partial charge on any atom is 0.306 e. The second kappa shape index (κ2) is 5.83. The number of aryl methyl sites for hydroxylation is 1. The summed E-state index contributed by atoms with van der Waals surface area (Å²) >= 11 is 6.25. The molecule has 2 N–H and O–H groups in total. The van der Waals surface area contributed by atoms with Crippen LogP contribution in [-0.4, -0.2) is 16.2 Å². The summed E-state index contributed by atoms with van der Waals surface area (Å²) in [5.74, 6) is -1.31. The monoisotopic (exact) mass is 282 g/mol. The van der Waals surface area contributed by atoms with E-state index in [0.29, 0.717) is 17.0 Å². The quantitative estimate of drug-likeness (QED) is 0.833. The van der Waals surface area contributed by atoms with E-state index in [0.717, 1.165) is 31.2 Å². The van der Waals surface area contributed by atoms with Crippen molar-refractivity contribution in [1.29, 1.82) is 0 Å². The molecule has 0 saturated carbocycles. The van der Waals surface area contributed by atoms with Crippen molar-refractivity contribution in [2.24, 2.45) is 5.92 Å². The number of carboxylic acid groups (broad SMARTS) is 1. The number of hydrogen-bond donors (Lipinski definition) is 2. The first-order valence-corrected chi connectivity index (χ1v) is 7.13. The molecule has 1 aromatic carbocycles. The van der Waals surface area contributed by atoms with E-state index in [1.165, 1.54) is 12.0 Å². The fourth-order valence-electron chi connectivity index (χ4n) is 2.65. The van der Waals surface area contributed by atoms with Gasteiger partial charge in [0.2, 0.25) is 0 Å². The summed E-state index contributed by atoms with van der Waals surface area (Å²) in [5.41, 5.74) is 2.87.